The standard InChI is InChI=1S/C14H23N3S/c1-10-14(18-11(2)16-10)9-15-12-6-8-17-7-4-3-5-13(12)17/h12-13,15H,3-9H2,1-2H3. The third-order valence-electron chi connectivity index (χ3n) is 4.38. The molecule has 18 heavy (non-hydrogen) atoms. The zero-order valence-corrected chi connectivity index (χ0v) is 12.2. The third-order valence-corrected chi connectivity index (χ3v) is 5.45. The highest BCUT2D eigenvalue weighted by Gasteiger charge is 2.34. The Morgan fingerprint density at radius 3 is 2.94 bits per heavy atom. The molecule has 0 saturated carbocycles. The van der Waals surface area contributed by atoms with Crippen LogP contribution in [0, 0.1) is 13.8 Å². The van der Waals surface area contributed by atoms with Crippen molar-refractivity contribution >= 4 is 11.3 Å². The van der Waals surface area contributed by atoms with Gasteiger partial charge in [0.2, 0.25) is 0 Å². The normalized spacial score (nSPS) is 28.6. The van der Waals surface area contributed by atoms with E-state index < -0.39 is 0 Å². The van der Waals surface area contributed by atoms with Crippen molar-refractivity contribution in [1.29, 1.82) is 0 Å². The van der Waals surface area contributed by atoms with Gasteiger partial charge < -0.3 is 5.32 Å². The summed E-state index contributed by atoms with van der Waals surface area (Å²) in [6.45, 7) is 7.85. The number of hydrogen-bond donors (Lipinski definition) is 1. The number of nitrogens with one attached hydrogen (secondary N) is 1. The Kier molecular flexibility index (Phi) is 3.68. The fraction of sp³-hybridized carbons (Fsp3) is 0.786. The van der Waals surface area contributed by atoms with Gasteiger partial charge in [-0.15, -0.1) is 11.3 Å². The van der Waals surface area contributed by atoms with Crippen molar-refractivity contribution in [2.45, 2.75) is 58.2 Å². The van der Waals surface area contributed by atoms with Crippen molar-refractivity contribution in [1.82, 2.24) is 15.2 Å². The fourth-order valence-electron chi connectivity index (χ4n) is 3.45. The largest absolute Gasteiger partial charge is 0.307 e. The zero-order chi connectivity index (χ0) is 12.5. The lowest BCUT2D eigenvalue weighted by atomic mass is 9.99. The van der Waals surface area contributed by atoms with Gasteiger partial charge in [-0.3, -0.25) is 4.90 Å². The van der Waals surface area contributed by atoms with Gasteiger partial charge in [0.1, 0.15) is 0 Å². The molecule has 4 heteroatoms. The molecular formula is C14H23N3S. The monoisotopic (exact) mass is 265 g/mol. The van der Waals surface area contributed by atoms with Crippen LogP contribution in [-0.2, 0) is 6.54 Å². The van der Waals surface area contributed by atoms with Crippen LogP contribution in [0.15, 0.2) is 0 Å². The Morgan fingerprint density at radius 2 is 2.17 bits per heavy atom. The van der Waals surface area contributed by atoms with Crippen LogP contribution in [0.3, 0.4) is 0 Å². The maximum atomic E-state index is 4.51. The van der Waals surface area contributed by atoms with Gasteiger partial charge in [0.25, 0.3) is 0 Å². The predicted octanol–water partition coefficient (Wildman–Crippen LogP) is 2.48. The Morgan fingerprint density at radius 1 is 1.28 bits per heavy atom. The van der Waals surface area contributed by atoms with E-state index in [4.69, 9.17) is 0 Å². The van der Waals surface area contributed by atoms with Crippen molar-refractivity contribution in [3.63, 3.8) is 0 Å². The molecule has 3 heterocycles. The molecule has 2 aliphatic rings. The summed E-state index contributed by atoms with van der Waals surface area (Å²) in [5, 5.41) is 4.97. The highest BCUT2D eigenvalue weighted by Crippen LogP contribution is 2.27. The van der Waals surface area contributed by atoms with E-state index in [2.05, 4.69) is 29.0 Å². The molecule has 100 valence electrons. The van der Waals surface area contributed by atoms with Crippen LogP contribution < -0.4 is 5.32 Å². The lowest BCUT2D eigenvalue weighted by Crippen LogP contribution is -2.44. The summed E-state index contributed by atoms with van der Waals surface area (Å²) in [6, 6.07) is 1.50. The summed E-state index contributed by atoms with van der Waals surface area (Å²) >= 11 is 1.84. The van der Waals surface area contributed by atoms with E-state index in [9.17, 15) is 0 Å². The fourth-order valence-corrected chi connectivity index (χ4v) is 4.33. The number of nitrogens with zero attached hydrogens (tertiary/aromatic N) is 2. The molecule has 1 N–H and O–H groups in total. The average Bonchev–Trinajstić information content (AvgIpc) is 2.90. The van der Waals surface area contributed by atoms with Crippen molar-refractivity contribution in [3.05, 3.63) is 15.6 Å². The minimum absolute atomic E-state index is 0.701. The molecule has 3 rings (SSSR count). The molecule has 2 unspecified atom stereocenters. The first-order chi connectivity index (χ1) is 8.74. The molecule has 2 saturated heterocycles. The summed E-state index contributed by atoms with van der Waals surface area (Å²) in [4.78, 5) is 8.61. The van der Waals surface area contributed by atoms with E-state index in [1.54, 1.807) is 0 Å². The van der Waals surface area contributed by atoms with Gasteiger partial charge in [0, 0.05) is 30.1 Å². The number of fused-ring (bicyclic) bond motifs is 1. The summed E-state index contributed by atoms with van der Waals surface area (Å²) in [5.41, 5.74) is 1.21. The summed E-state index contributed by atoms with van der Waals surface area (Å²) < 4.78 is 0. The van der Waals surface area contributed by atoms with E-state index >= 15 is 0 Å². The molecule has 3 nitrogen and oxygen atoms in total. The van der Waals surface area contributed by atoms with Crippen molar-refractivity contribution < 1.29 is 0 Å². The Labute approximate surface area is 114 Å². The Hall–Kier alpha value is -0.450. The molecule has 1 aromatic heterocycles. The molecule has 1 aromatic rings. The number of rotatable bonds is 3. The molecule has 2 atom stereocenters. The molecule has 2 fully saturated rings. The van der Waals surface area contributed by atoms with Gasteiger partial charge in [-0.25, -0.2) is 4.98 Å². The molecule has 0 aliphatic carbocycles. The third kappa shape index (κ3) is 2.46. The quantitative estimate of drug-likeness (QED) is 0.910. The number of aryl methyl sites for hydroxylation is 2. The molecule has 0 spiro atoms. The van der Waals surface area contributed by atoms with E-state index in [0.717, 1.165) is 12.6 Å². The maximum Gasteiger partial charge on any atom is 0.0900 e. The minimum atomic E-state index is 0.701. The van der Waals surface area contributed by atoms with Gasteiger partial charge in [-0.2, -0.15) is 0 Å². The first-order valence-corrected chi connectivity index (χ1v) is 7.96. The number of hydrogen-bond acceptors (Lipinski definition) is 4. The average molecular weight is 265 g/mol. The predicted molar refractivity (Wildman–Crippen MR) is 76.0 cm³/mol. The van der Waals surface area contributed by atoms with Gasteiger partial charge in [0.15, 0.2) is 0 Å². The van der Waals surface area contributed by atoms with E-state index in [1.807, 2.05) is 11.3 Å². The van der Waals surface area contributed by atoms with Crippen LogP contribution in [0.2, 0.25) is 0 Å². The van der Waals surface area contributed by atoms with Gasteiger partial charge in [-0.1, -0.05) is 6.42 Å². The molecule has 2 aliphatic heterocycles. The minimum Gasteiger partial charge on any atom is -0.307 e. The summed E-state index contributed by atoms with van der Waals surface area (Å²) in [7, 11) is 0. The highest BCUT2D eigenvalue weighted by atomic mass is 32.1. The summed E-state index contributed by atoms with van der Waals surface area (Å²) in [5.74, 6) is 0. The lowest BCUT2D eigenvalue weighted by Gasteiger charge is -2.32. The first kappa shape index (κ1) is 12.6. The second-order valence-corrected chi connectivity index (χ2v) is 6.90. The van der Waals surface area contributed by atoms with Gasteiger partial charge in [-0.05, 0) is 39.7 Å². The zero-order valence-electron chi connectivity index (χ0n) is 11.4. The number of aromatic nitrogens is 1. The van der Waals surface area contributed by atoms with Crippen LogP contribution in [0.25, 0.3) is 0 Å². The van der Waals surface area contributed by atoms with E-state index in [0.29, 0.717) is 6.04 Å². The van der Waals surface area contributed by atoms with Crippen LogP contribution in [-0.4, -0.2) is 35.1 Å². The van der Waals surface area contributed by atoms with Gasteiger partial charge in [0.05, 0.1) is 10.7 Å². The molecule has 0 bridgehead atoms. The van der Waals surface area contributed by atoms with E-state index in [1.165, 1.54) is 54.4 Å². The topological polar surface area (TPSA) is 28.2 Å². The van der Waals surface area contributed by atoms with E-state index in [-0.39, 0.29) is 0 Å². The first-order valence-electron chi connectivity index (χ1n) is 7.14. The highest BCUT2D eigenvalue weighted by molar-refractivity contribution is 7.11. The molecular weight excluding hydrogens is 242 g/mol. The molecule has 0 amide bonds. The van der Waals surface area contributed by atoms with Crippen LogP contribution in [0.5, 0.6) is 0 Å². The second kappa shape index (κ2) is 5.27. The van der Waals surface area contributed by atoms with Crippen molar-refractivity contribution in [3.8, 4) is 0 Å². The van der Waals surface area contributed by atoms with Crippen molar-refractivity contribution in [2.75, 3.05) is 13.1 Å². The molecule has 0 aromatic carbocycles. The molecule has 0 radical (unpaired) electrons. The SMILES string of the molecule is Cc1nc(C)c(CNC2CCN3CCCCC23)s1. The van der Waals surface area contributed by atoms with Crippen LogP contribution in [0.1, 0.15) is 41.3 Å². The Bertz CT molecular complexity index is 415. The van der Waals surface area contributed by atoms with Crippen LogP contribution >= 0.6 is 11.3 Å². The number of piperidine rings is 1. The smallest absolute Gasteiger partial charge is 0.0900 e. The second-order valence-electron chi connectivity index (χ2n) is 5.62. The van der Waals surface area contributed by atoms with Crippen molar-refractivity contribution in [2.24, 2.45) is 0 Å². The number of thiazole rings is 1. The summed E-state index contributed by atoms with van der Waals surface area (Å²) in [6.07, 6.45) is 5.52. The van der Waals surface area contributed by atoms with Crippen LogP contribution in [0.4, 0.5) is 0 Å². The van der Waals surface area contributed by atoms with Gasteiger partial charge >= 0.3 is 0 Å². The maximum absolute atomic E-state index is 4.51. The Balaban J connectivity index is 1.58. The lowest BCUT2D eigenvalue weighted by molar-refractivity contribution is 0.180.